The molecule has 0 radical (unpaired) electrons. The second-order valence-electron chi connectivity index (χ2n) is 3.77. The number of amides is 1. The number of aliphatic hydroxyl groups excluding tert-OH is 1. The highest BCUT2D eigenvalue weighted by Crippen LogP contribution is 2.29. The van der Waals surface area contributed by atoms with Crippen LogP contribution in [0.4, 0.5) is 0 Å². The molecule has 1 aromatic carbocycles. The van der Waals surface area contributed by atoms with Crippen molar-refractivity contribution in [2.24, 2.45) is 0 Å². The molecule has 2 rings (SSSR count). The highest BCUT2D eigenvalue weighted by Gasteiger charge is 2.36. The first-order chi connectivity index (χ1) is 8.11. The maximum absolute atomic E-state index is 11.6. The Morgan fingerprint density at radius 2 is 1.88 bits per heavy atom. The van der Waals surface area contributed by atoms with E-state index >= 15 is 0 Å². The van der Waals surface area contributed by atoms with Gasteiger partial charge >= 0.3 is 0 Å². The average molecular weight is 272 g/mol. The third-order valence-corrected chi connectivity index (χ3v) is 3.51. The van der Waals surface area contributed by atoms with Gasteiger partial charge in [0.25, 0.3) is 5.91 Å². The largest absolute Gasteiger partial charge is 0.368 e. The number of aliphatic hydroxyl groups is 1. The van der Waals surface area contributed by atoms with Crippen LogP contribution in [0.5, 0.6) is 0 Å². The molecule has 1 aliphatic rings. The van der Waals surface area contributed by atoms with Crippen molar-refractivity contribution in [2.75, 3.05) is 6.54 Å². The zero-order chi connectivity index (χ0) is 12.4. The molecule has 3 nitrogen and oxygen atoms in total. The molecule has 17 heavy (non-hydrogen) atoms. The number of nitrogens with zero attached hydrogens (tertiary/aromatic N) is 1. The van der Waals surface area contributed by atoms with Crippen LogP contribution in [0.25, 0.3) is 0 Å². The topological polar surface area (TPSA) is 40.5 Å². The lowest BCUT2D eigenvalue weighted by atomic mass is 10.1. The zero-order valence-electron chi connectivity index (χ0n) is 8.94. The Hall–Kier alpha value is -1.03. The fourth-order valence-corrected chi connectivity index (χ4v) is 2.11. The van der Waals surface area contributed by atoms with Crippen molar-refractivity contribution in [2.45, 2.75) is 12.6 Å². The molecule has 0 aromatic heterocycles. The van der Waals surface area contributed by atoms with Crippen LogP contribution in [0, 0.1) is 0 Å². The summed E-state index contributed by atoms with van der Waals surface area (Å²) in [5, 5.41) is 9.62. The molecule has 1 aromatic rings. The Kier molecular flexibility index (Phi) is 3.72. The first-order valence-electron chi connectivity index (χ1n) is 5.19. The fourth-order valence-electron chi connectivity index (χ4n) is 1.71. The van der Waals surface area contributed by atoms with Gasteiger partial charge in [-0.25, -0.2) is 0 Å². The maximum atomic E-state index is 11.6. The molecule has 5 heteroatoms. The molecule has 1 unspecified atom stereocenters. The van der Waals surface area contributed by atoms with Gasteiger partial charge in [-0.15, -0.1) is 0 Å². The smallest absolute Gasteiger partial charge is 0.269 e. The second-order valence-corrected chi connectivity index (χ2v) is 4.55. The van der Waals surface area contributed by atoms with Gasteiger partial charge < -0.3 is 10.0 Å². The number of rotatable bonds is 3. The summed E-state index contributed by atoms with van der Waals surface area (Å²) >= 11 is 11.4. The summed E-state index contributed by atoms with van der Waals surface area (Å²) in [4.78, 5) is 12.9. The molecule has 0 saturated heterocycles. The predicted molar refractivity (Wildman–Crippen MR) is 66.6 cm³/mol. The van der Waals surface area contributed by atoms with Crippen LogP contribution in [-0.2, 0) is 11.2 Å². The van der Waals surface area contributed by atoms with E-state index in [1.165, 1.54) is 4.90 Å². The zero-order valence-corrected chi connectivity index (χ0v) is 10.4. The molecule has 0 fully saturated rings. The van der Waals surface area contributed by atoms with E-state index in [4.69, 9.17) is 23.2 Å². The van der Waals surface area contributed by atoms with Gasteiger partial charge in [0.15, 0.2) is 6.23 Å². The summed E-state index contributed by atoms with van der Waals surface area (Å²) in [5.41, 5.74) is 1.09. The molecular formula is C12H11Cl2NO2. The van der Waals surface area contributed by atoms with E-state index in [-0.39, 0.29) is 10.1 Å². The third kappa shape index (κ3) is 2.46. The maximum Gasteiger partial charge on any atom is 0.269 e. The van der Waals surface area contributed by atoms with E-state index in [2.05, 4.69) is 0 Å². The van der Waals surface area contributed by atoms with Crippen LogP contribution in [0.15, 0.2) is 40.4 Å². The van der Waals surface area contributed by atoms with E-state index in [9.17, 15) is 9.90 Å². The number of halogens is 2. The van der Waals surface area contributed by atoms with Crippen molar-refractivity contribution >= 4 is 29.1 Å². The number of hydrogen-bond acceptors (Lipinski definition) is 2. The van der Waals surface area contributed by atoms with Gasteiger partial charge in [0.2, 0.25) is 0 Å². The lowest BCUT2D eigenvalue weighted by Crippen LogP contribution is -2.36. The minimum Gasteiger partial charge on any atom is -0.368 e. The lowest BCUT2D eigenvalue weighted by molar-refractivity contribution is -0.131. The van der Waals surface area contributed by atoms with Crippen molar-refractivity contribution in [3.63, 3.8) is 0 Å². The van der Waals surface area contributed by atoms with Crippen molar-refractivity contribution in [3.8, 4) is 0 Å². The van der Waals surface area contributed by atoms with Crippen molar-refractivity contribution < 1.29 is 9.90 Å². The van der Waals surface area contributed by atoms with Gasteiger partial charge in [-0.05, 0) is 12.0 Å². The number of benzene rings is 1. The third-order valence-electron chi connectivity index (χ3n) is 2.66. The Bertz CT molecular complexity index is 459. The highest BCUT2D eigenvalue weighted by atomic mass is 35.5. The molecule has 90 valence electrons. The minimum atomic E-state index is -1.11. The normalized spacial score (nSPS) is 20.3. The summed E-state index contributed by atoms with van der Waals surface area (Å²) in [6, 6.07) is 9.70. The molecule has 0 bridgehead atoms. The SMILES string of the molecule is O=C1C(Cl)=C(Cl)C(O)N1CCc1ccccc1. The predicted octanol–water partition coefficient (Wildman–Crippen LogP) is 2.08. The quantitative estimate of drug-likeness (QED) is 0.915. The second kappa shape index (κ2) is 5.08. The van der Waals surface area contributed by atoms with Gasteiger partial charge in [-0.3, -0.25) is 4.79 Å². The van der Waals surface area contributed by atoms with Crippen molar-refractivity contribution in [3.05, 3.63) is 46.0 Å². The Morgan fingerprint density at radius 3 is 2.41 bits per heavy atom. The summed E-state index contributed by atoms with van der Waals surface area (Å²) in [7, 11) is 0. The van der Waals surface area contributed by atoms with Crippen LogP contribution >= 0.6 is 23.2 Å². The fraction of sp³-hybridized carbons (Fsp3) is 0.250. The molecule has 0 aliphatic carbocycles. The summed E-state index contributed by atoms with van der Waals surface area (Å²) in [6.07, 6.45) is -0.460. The van der Waals surface area contributed by atoms with Gasteiger partial charge in [-0.1, -0.05) is 53.5 Å². The molecule has 1 N–H and O–H groups in total. The molecule has 1 amide bonds. The van der Waals surface area contributed by atoms with Crippen LogP contribution in [0.1, 0.15) is 5.56 Å². The summed E-state index contributed by atoms with van der Waals surface area (Å²) < 4.78 is 0. The van der Waals surface area contributed by atoms with Gasteiger partial charge in [0, 0.05) is 6.54 Å². The number of carbonyl (C=O) groups is 1. The van der Waals surface area contributed by atoms with Crippen LogP contribution in [0.2, 0.25) is 0 Å². The van der Waals surface area contributed by atoms with E-state index in [1.54, 1.807) is 0 Å². The molecule has 0 saturated carbocycles. The van der Waals surface area contributed by atoms with E-state index in [1.807, 2.05) is 30.3 Å². The average Bonchev–Trinajstić information content (AvgIpc) is 2.54. The summed E-state index contributed by atoms with van der Waals surface area (Å²) in [5.74, 6) is -0.417. The standard InChI is InChI=1S/C12H11Cl2NO2/c13-9-10(14)12(17)15(11(9)16)7-6-8-4-2-1-3-5-8/h1-5,11,16H,6-7H2. The van der Waals surface area contributed by atoms with Crippen LogP contribution in [0.3, 0.4) is 0 Å². The number of hydrogen-bond donors (Lipinski definition) is 1. The molecule has 1 aliphatic heterocycles. The Balaban J connectivity index is 2.00. The molecule has 1 atom stereocenters. The van der Waals surface area contributed by atoms with Crippen LogP contribution in [-0.4, -0.2) is 28.7 Å². The van der Waals surface area contributed by atoms with Crippen molar-refractivity contribution in [1.82, 2.24) is 4.90 Å². The van der Waals surface area contributed by atoms with E-state index < -0.39 is 12.1 Å². The molecule has 1 heterocycles. The van der Waals surface area contributed by atoms with Gasteiger partial charge in [0.05, 0.1) is 5.03 Å². The van der Waals surface area contributed by atoms with Crippen LogP contribution < -0.4 is 0 Å². The van der Waals surface area contributed by atoms with Crippen molar-refractivity contribution in [1.29, 1.82) is 0 Å². The van der Waals surface area contributed by atoms with Gasteiger partial charge in [0.1, 0.15) is 5.03 Å². The van der Waals surface area contributed by atoms with Gasteiger partial charge in [-0.2, -0.15) is 0 Å². The van der Waals surface area contributed by atoms with E-state index in [0.29, 0.717) is 13.0 Å². The first-order valence-corrected chi connectivity index (χ1v) is 5.95. The Morgan fingerprint density at radius 1 is 1.24 bits per heavy atom. The minimum absolute atomic E-state index is 0.00438. The molecular weight excluding hydrogens is 261 g/mol. The highest BCUT2D eigenvalue weighted by molar-refractivity contribution is 6.49. The Labute approximate surface area is 109 Å². The summed E-state index contributed by atoms with van der Waals surface area (Å²) in [6.45, 7) is 0.385. The first kappa shape index (κ1) is 12.4. The number of carbonyl (C=O) groups excluding carboxylic acids is 1. The van der Waals surface area contributed by atoms with E-state index in [0.717, 1.165) is 5.56 Å². The molecule has 0 spiro atoms. The monoisotopic (exact) mass is 271 g/mol. The lowest BCUT2D eigenvalue weighted by Gasteiger charge is -2.20.